The molecule has 4 rings (SSSR count). The van der Waals surface area contributed by atoms with Crippen LogP contribution in [0.3, 0.4) is 0 Å². The molecule has 0 radical (unpaired) electrons. The summed E-state index contributed by atoms with van der Waals surface area (Å²) < 4.78 is 72.0. The van der Waals surface area contributed by atoms with Crippen molar-refractivity contribution in [1.29, 1.82) is 0 Å². The number of hydrogen-bond donors (Lipinski definition) is 0. The Hall–Kier alpha value is -3.93. The Morgan fingerprint density at radius 1 is 0.694 bits per heavy atom. The Morgan fingerprint density at radius 2 is 1.14 bits per heavy atom. The van der Waals surface area contributed by atoms with Gasteiger partial charge < -0.3 is 4.74 Å². The molecule has 0 aliphatic heterocycles. The first-order valence-electron chi connectivity index (χ1n) is 11.4. The van der Waals surface area contributed by atoms with Crippen LogP contribution in [0.25, 0.3) is 28.3 Å². The zero-order chi connectivity index (χ0) is 25.7. The quantitative estimate of drug-likeness (QED) is 0.175. The first-order valence-corrected chi connectivity index (χ1v) is 11.4. The van der Waals surface area contributed by atoms with Crippen LogP contribution in [0.4, 0.5) is 22.0 Å². The molecule has 1 nitrogen and oxygen atoms in total. The SMILES string of the molecule is CCCc1ccc(-c2ccc(-c3ccc(C=CC(F)(F)Oc4cc(F)c(F)c(F)c4)cc3)cc2)cc1. The van der Waals surface area contributed by atoms with E-state index >= 15 is 0 Å². The van der Waals surface area contributed by atoms with Gasteiger partial charge in [-0.05, 0) is 45.9 Å². The van der Waals surface area contributed by atoms with Crippen LogP contribution in [0.5, 0.6) is 5.75 Å². The molecule has 0 N–H and O–H groups in total. The smallest absolute Gasteiger partial charge is 0.419 e. The number of rotatable bonds is 8. The van der Waals surface area contributed by atoms with Crippen LogP contribution in [0, 0.1) is 17.5 Å². The first-order chi connectivity index (χ1) is 17.2. The van der Waals surface area contributed by atoms with Gasteiger partial charge in [0.15, 0.2) is 17.5 Å². The average molecular weight is 495 g/mol. The van der Waals surface area contributed by atoms with E-state index in [2.05, 4.69) is 35.9 Å². The molecule has 6 heteroatoms. The summed E-state index contributed by atoms with van der Waals surface area (Å²) in [6.45, 7) is 2.15. The summed E-state index contributed by atoms with van der Waals surface area (Å²) in [4.78, 5) is 0. The lowest BCUT2D eigenvalue weighted by molar-refractivity contribution is -0.131. The summed E-state index contributed by atoms with van der Waals surface area (Å²) in [5.41, 5.74) is 5.92. The van der Waals surface area contributed by atoms with Gasteiger partial charge in [-0.3, -0.25) is 0 Å². The third-order valence-electron chi connectivity index (χ3n) is 5.64. The molecule has 0 saturated carbocycles. The van der Waals surface area contributed by atoms with E-state index in [1.54, 1.807) is 24.3 Å². The molecular formula is C30H23F5O. The van der Waals surface area contributed by atoms with E-state index in [0.717, 1.165) is 41.2 Å². The second-order valence-corrected chi connectivity index (χ2v) is 8.34. The van der Waals surface area contributed by atoms with E-state index in [1.807, 2.05) is 24.3 Å². The van der Waals surface area contributed by atoms with E-state index in [0.29, 0.717) is 23.8 Å². The van der Waals surface area contributed by atoms with E-state index in [9.17, 15) is 22.0 Å². The van der Waals surface area contributed by atoms with Crippen molar-refractivity contribution in [3.05, 3.63) is 120 Å². The fourth-order valence-corrected chi connectivity index (χ4v) is 3.77. The third-order valence-corrected chi connectivity index (χ3v) is 5.64. The van der Waals surface area contributed by atoms with Crippen LogP contribution >= 0.6 is 0 Å². The predicted molar refractivity (Wildman–Crippen MR) is 132 cm³/mol. The molecule has 0 atom stereocenters. The largest absolute Gasteiger partial charge is 0.429 e. The Bertz CT molecular complexity index is 1320. The van der Waals surface area contributed by atoms with Gasteiger partial charge in [0.1, 0.15) is 5.75 Å². The third kappa shape index (κ3) is 6.19. The van der Waals surface area contributed by atoms with Crippen molar-refractivity contribution in [2.24, 2.45) is 0 Å². The summed E-state index contributed by atoms with van der Waals surface area (Å²) in [6, 6.07) is 24.3. The maximum atomic E-state index is 14.1. The van der Waals surface area contributed by atoms with E-state index in [-0.39, 0.29) is 0 Å². The Kier molecular flexibility index (Phi) is 7.53. The van der Waals surface area contributed by atoms with Crippen molar-refractivity contribution in [2.75, 3.05) is 0 Å². The topological polar surface area (TPSA) is 9.23 Å². The van der Waals surface area contributed by atoms with Crippen molar-refractivity contribution in [3.8, 4) is 28.0 Å². The Labute approximate surface area is 206 Å². The Balaban J connectivity index is 1.42. The van der Waals surface area contributed by atoms with Crippen LogP contribution in [0.1, 0.15) is 24.5 Å². The molecular weight excluding hydrogens is 471 g/mol. The van der Waals surface area contributed by atoms with Gasteiger partial charge in [-0.15, -0.1) is 0 Å². The lowest BCUT2D eigenvalue weighted by Gasteiger charge is -2.14. The van der Waals surface area contributed by atoms with Gasteiger partial charge in [0.25, 0.3) is 0 Å². The molecule has 4 aromatic carbocycles. The number of halogens is 5. The number of hydrogen-bond acceptors (Lipinski definition) is 1. The normalized spacial score (nSPS) is 11.7. The van der Waals surface area contributed by atoms with Crippen molar-refractivity contribution in [1.82, 2.24) is 0 Å². The molecule has 36 heavy (non-hydrogen) atoms. The molecule has 0 aliphatic carbocycles. The molecule has 0 fully saturated rings. The maximum Gasteiger partial charge on any atom is 0.419 e. The Morgan fingerprint density at radius 3 is 1.61 bits per heavy atom. The minimum atomic E-state index is -3.86. The fourth-order valence-electron chi connectivity index (χ4n) is 3.77. The number of ether oxygens (including phenoxy) is 1. The van der Waals surface area contributed by atoms with Crippen LogP contribution < -0.4 is 4.74 Å². The molecule has 0 spiro atoms. The molecule has 0 aliphatic rings. The summed E-state index contributed by atoms with van der Waals surface area (Å²) >= 11 is 0. The second-order valence-electron chi connectivity index (χ2n) is 8.34. The highest BCUT2D eigenvalue weighted by Crippen LogP contribution is 2.28. The van der Waals surface area contributed by atoms with Crippen molar-refractivity contribution in [2.45, 2.75) is 25.9 Å². The fraction of sp³-hybridized carbons (Fsp3) is 0.133. The van der Waals surface area contributed by atoms with Gasteiger partial charge >= 0.3 is 6.11 Å². The number of alkyl halides is 2. The van der Waals surface area contributed by atoms with Crippen LogP contribution in [0.2, 0.25) is 0 Å². The van der Waals surface area contributed by atoms with Gasteiger partial charge in [0.05, 0.1) is 0 Å². The maximum absolute atomic E-state index is 14.1. The lowest BCUT2D eigenvalue weighted by atomic mass is 9.98. The highest BCUT2D eigenvalue weighted by molar-refractivity contribution is 5.71. The van der Waals surface area contributed by atoms with Gasteiger partial charge in [-0.2, -0.15) is 8.78 Å². The summed E-state index contributed by atoms with van der Waals surface area (Å²) in [6.07, 6.45) is -0.104. The van der Waals surface area contributed by atoms with Crippen molar-refractivity contribution >= 4 is 6.08 Å². The van der Waals surface area contributed by atoms with Crippen LogP contribution in [-0.4, -0.2) is 6.11 Å². The van der Waals surface area contributed by atoms with E-state index in [4.69, 9.17) is 0 Å². The van der Waals surface area contributed by atoms with Crippen LogP contribution in [-0.2, 0) is 6.42 Å². The molecule has 0 aromatic heterocycles. The zero-order valence-corrected chi connectivity index (χ0v) is 19.4. The van der Waals surface area contributed by atoms with Gasteiger partial charge in [-0.1, -0.05) is 86.1 Å². The minimum absolute atomic E-state index is 0.363. The molecule has 0 bridgehead atoms. The highest BCUT2D eigenvalue weighted by atomic mass is 19.3. The molecule has 0 amide bonds. The minimum Gasteiger partial charge on any atom is -0.429 e. The molecule has 0 saturated heterocycles. The van der Waals surface area contributed by atoms with Gasteiger partial charge in [0.2, 0.25) is 0 Å². The standard InChI is InChI=1S/C30H23F5O/c1-2-3-20-4-8-22(9-5-20)24-12-14-25(15-13-24)23-10-6-21(7-11-23)16-17-30(34,35)36-26-18-27(31)29(33)28(32)19-26/h4-19H,2-3H2,1H3. The summed E-state index contributed by atoms with van der Waals surface area (Å²) in [7, 11) is 0. The average Bonchev–Trinajstić information content (AvgIpc) is 2.87. The van der Waals surface area contributed by atoms with Gasteiger partial charge in [-0.25, -0.2) is 13.2 Å². The van der Waals surface area contributed by atoms with Crippen molar-refractivity contribution in [3.63, 3.8) is 0 Å². The number of aryl methyl sites for hydroxylation is 1. The number of benzene rings is 4. The second kappa shape index (κ2) is 10.8. The predicted octanol–water partition coefficient (Wildman–Crippen LogP) is 9.08. The first kappa shape index (κ1) is 25.2. The molecule has 4 aromatic rings. The molecule has 184 valence electrons. The van der Waals surface area contributed by atoms with E-state index < -0.39 is 29.3 Å². The summed E-state index contributed by atoms with van der Waals surface area (Å²) in [5, 5.41) is 0. The van der Waals surface area contributed by atoms with Crippen molar-refractivity contribution < 1.29 is 26.7 Å². The van der Waals surface area contributed by atoms with Gasteiger partial charge in [0, 0.05) is 18.2 Å². The monoisotopic (exact) mass is 494 g/mol. The molecule has 0 heterocycles. The highest BCUT2D eigenvalue weighted by Gasteiger charge is 2.28. The summed E-state index contributed by atoms with van der Waals surface area (Å²) in [5.74, 6) is -5.80. The lowest BCUT2D eigenvalue weighted by Crippen LogP contribution is -2.21. The van der Waals surface area contributed by atoms with E-state index in [1.165, 1.54) is 5.56 Å². The molecule has 0 unspecified atom stereocenters. The zero-order valence-electron chi connectivity index (χ0n) is 19.4. The van der Waals surface area contributed by atoms with Crippen LogP contribution in [0.15, 0.2) is 91.0 Å².